The van der Waals surface area contributed by atoms with Crippen molar-refractivity contribution < 1.29 is 17.6 Å². The van der Waals surface area contributed by atoms with Crippen LogP contribution >= 0.6 is 0 Å². The Morgan fingerprint density at radius 1 is 1.19 bits per heavy atom. The van der Waals surface area contributed by atoms with Gasteiger partial charge in [-0.2, -0.15) is 0 Å². The second-order valence-corrected chi connectivity index (χ2v) is 9.07. The molecule has 1 aromatic heterocycles. The molecule has 144 valence electrons. The Hall–Kier alpha value is -1.90. The minimum atomic E-state index is -3.53. The van der Waals surface area contributed by atoms with Gasteiger partial charge in [0.2, 0.25) is 10.0 Å². The highest BCUT2D eigenvalue weighted by Gasteiger charge is 2.20. The van der Waals surface area contributed by atoms with Crippen molar-refractivity contribution in [3.05, 3.63) is 30.0 Å². The molecule has 2 aromatic rings. The van der Waals surface area contributed by atoms with E-state index < -0.39 is 10.0 Å². The summed E-state index contributed by atoms with van der Waals surface area (Å²) in [6.45, 7) is 2.92. The molecule has 1 amide bonds. The van der Waals surface area contributed by atoms with E-state index in [2.05, 4.69) is 10.2 Å². The van der Waals surface area contributed by atoms with E-state index in [1.54, 1.807) is 12.1 Å². The molecule has 1 unspecified atom stereocenters. The number of hydrogen-bond donors (Lipinski definition) is 1. The minimum absolute atomic E-state index is 0.0281. The van der Waals surface area contributed by atoms with Gasteiger partial charge in [0.25, 0.3) is 5.91 Å². The zero-order valence-electron chi connectivity index (χ0n) is 15.9. The van der Waals surface area contributed by atoms with E-state index in [0.29, 0.717) is 11.0 Å². The molecule has 0 radical (unpaired) electrons. The molecule has 0 aliphatic rings. The Morgan fingerprint density at radius 3 is 2.50 bits per heavy atom. The van der Waals surface area contributed by atoms with Gasteiger partial charge in [-0.1, -0.05) is 0 Å². The highest BCUT2D eigenvalue weighted by atomic mass is 32.2. The van der Waals surface area contributed by atoms with Crippen LogP contribution in [0.15, 0.2) is 33.6 Å². The normalized spacial score (nSPS) is 13.5. The van der Waals surface area contributed by atoms with Gasteiger partial charge in [-0.3, -0.25) is 4.79 Å². The number of fused-ring (bicyclic) bond motifs is 1. The third-order valence-corrected chi connectivity index (χ3v) is 5.92. The summed E-state index contributed by atoms with van der Waals surface area (Å²) >= 11 is 0. The van der Waals surface area contributed by atoms with E-state index >= 15 is 0 Å². The summed E-state index contributed by atoms with van der Waals surface area (Å²) in [4.78, 5) is 14.6. The number of furan rings is 1. The standard InChI is InChI=1S/C18H27N3O4S/c1-13(7-6-10-20(2)3)19-18(22)17-12-14-11-15(8-9-16(14)25-17)26(23,24)21(4)5/h8-9,11-13H,6-7,10H2,1-5H3,(H,19,22). The van der Waals surface area contributed by atoms with Gasteiger partial charge in [-0.15, -0.1) is 0 Å². The molecule has 0 saturated heterocycles. The van der Waals surface area contributed by atoms with Crippen LogP contribution in [0.3, 0.4) is 0 Å². The quantitative estimate of drug-likeness (QED) is 0.757. The number of carbonyl (C=O) groups excluding carboxylic acids is 1. The Balaban J connectivity index is 2.12. The van der Waals surface area contributed by atoms with Crippen LogP contribution in [-0.4, -0.2) is 64.3 Å². The second kappa shape index (κ2) is 8.20. The van der Waals surface area contributed by atoms with Crippen molar-refractivity contribution in [1.29, 1.82) is 0 Å². The Morgan fingerprint density at radius 2 is 1.88 bits per heavy atom. The second-order valence-electron chi connectivity index (χ2n) is 6.92. The van der Waals surface area contributed by atoms with Crippen LogP contribution < -0.4 is 5.32 Å². The average Bonchev–Trinajstić information content (AvgIpc) is 2.97. The Labute approximate surface area is 155 Å². The summed E-state index contributed by atoms with van der Waals surface area (Å²) in [5, 5.41) is 3.50. The number of carbonyl (C=O) groups is 1. The number of sulfonamides is 1. The van der Waals surface area contributed by atoms with Crippen molar-refractivity contribution in [3.63, 3.8) is 0 Å². The van der Waals surface area contributed by atoms with Gasteiger partial charge in [0.05, 0.1) is 4.90 Å². The van der Waals surface area contributed by atoms with Crippen LogP contribution in [0.25, 0.3) is 11.0 Å². The molecule has 1 atom stereocenters. The molecule has 26 heavy (non-hydrogen) atoms. The summed E-state index contributed by atoms with van der Waals surface area (Å²) in [5.74, 6) is -0.116. The first-order valence-electron chi connectivity index (χ1n) is 8.53. The van der Waals surface area contributed by atoms with E-state index in [1.807, 2.05) is 21.0 Å². The van der Waals surface area contributed by atoms with E-state index in [9.17, 15) is 13.2 Å². The van der Waals surface area contributed by atoms with Crippen molar-refractivity contribution in [2.45, 2.75) is 30.7 Å². The molecule has 0 spiro atoms. The van der Waals surface area contributed by atoms with Gasteiger partial charge < -0.3 is 14.6 Å². The average molecular weight is 381 g/mol. The maximum atomic E-state index is 12.4. The third-order valence-electron chi connectivity index (χ3n) is 4.11. The predicted octanol–water partition coefficient (Wildman–Crippen LogP) is 2.14. The van der Waals surface area contributed by atoms with Gasteiger partial charge in [-0.25, -0.2) is 12.7 Å². The lowest BCUT2D eigenvalue weighted by molar-refractivity contribution is 0.0911. The van der Waals surface area contributed by atoms with Gasteiger partial charge in [0.1, 0.15) is 5.58 Å². The molecule has 0 aliphatic heterocycles. The summed E-state index contributed by atoms with van der Waals surface area (Å²) < 4.78 is 31.2. The predicted molar refractivity (Wildman–Crippen MR) is 102 cm³/mol. The van der Waals surface area contributed by atoms with Crippen LogP contribution in [0.4, 0.5) is 0 Å². The van der Waals surface area contributed by atoms with Crippen LogP contribution in [0.2, 0.25) is 0 Å². The van der Waals surface area contributed by atoms with Crippen LogP contribution in [0.5, 0.6) is 0 Å². The van der Waals surface area contributed by atoms with E-state index in [0.717, 1.165) is 23.7 Å². The maximum Gasteiger partial charge on any atom is 0.287 e. The fraction of sp³-hybridized carbons (Fsp3) is 0.500. The molecule has 0 aliphatic carbocycles. The topological polar surface area (TPSA) is 82.9 Å². The number of nitrogens with one attached hydrogen (secondary N) is 1. The fourth-order valence-corrected chi connectivity index (χ4v) is 3.52. The molecule has 0 saturated carbocycles. The molecule has 1 N–H and O–H groups in total. The van der Waals surface area contributed by atoms with Gasteiger partial charge in [0, 0.05) is 25.5 Å². The van der Waals surface area contributed by atoms with Crippen molar-refractivity contribution in [2.75, 3.05) is 34.7 Å². The lowest BCUT2D eigenvalue weighted by Crippen LogP contribution is -2.32. The molecular formula is C18H27N3O4S. The van der Waals surface area contributed by atoms with Gasteiger partial charge in [0.15, 0.2) is 5.76 Å². The summed E-state index contributed by atoms with van der Waals surface area (Å²) in [6.07, 6.45) is 1.86. The van der Waals surface area contributed by atoms with Crippen LogP contribution in [0.1, 0.15) is 30.3 Å². The largest absolute Gasteiger partial charge is 0.451 e. The van der Waals surface area contributed by atoms with Crippen LogP contribution in [0, 0.1) is 0 Å². The van der Waals surface area contributed by atoms with Crippen molar-refractivity contribution in [2.24, 2.45) is 0 Å². The van der Waals surface area contributed by atoms with Crippen LogP contribution in [-0.2, 0) is 10.0 Å². The minimum Gasteiger partial charge on any atom is -0.451 e. The molecule has 0 fully saturated rings. The molecule has 8 heteroatoms. The smallest absolute Gasteiger partial charge is 0.287 e. The number of amides is 1. The number of rotatable bonds is 8. The lowest BCUT2D eigenvalue weighted by Gasteiger charge is -2.14. The Kier molecular flexibility index (Phi) is 6.44. The van der Waals surface area contributed by atoms with Crippen molar-refractivity contribution in [3.8, 4) is 0 Å². The highest BCUT2D eigenvalue weighted by molar-refractivity contribution is 7.89. The molecule has 1 heterocycles. The monoisotopic (exact) mass is 381 g/mol. The maximum absolute atomic E-state index is 12.4. The molecule has 7 nitrogen and oxygen atoms in total. The third kappa shape index (κ3) is 4.84. The van der Waals surface area contributed by atoms with Gasteiger partial charge in [-0.05, 0) is 64.7 Å². The summed E-state index contributed by atoms with van der Waals surface area (Å²) in [6, 6.07) is 6.17. The molecular weight excluding hydrogens is 354 g/mol. The molecule has 0 bridgehead atoms. The summed E-state index contributed by atoms with van der Waals surface area (Å²) in [7, 11) is 3.46. The first kappa shape index (κ1) is 20.4. The van der Waals surface area contributed by atoms with Crippen molar-refractivity contribution in [1.82, 2.24) is 14.5 Å². The highest BCUT2D eigenvalue weighted by Crippen LogP contribution is 2.24. The van der Waals surface area contributed by atoms with E-state index in [-0.39, 0.29) is 22.6 Å². The zero-order valence-corrected chi connectivity index (χ0v) is 16.8. The van der Waals surface area contributed by atoms with E-state index in [4.69, 9.17) is 4.42 Å². The number of benzene rings is 1. The summed E-state index contributed by atoms with van der Waals surface area (Å²) in [5.41, 5.74) is 0.480. The SMILES string of the molecule is CC(CCCN(C)C)NC(=O)c1cc2cc(S(=O)(=O)N(C)C)ccc2o1. The van der Waals surface area contributed by atoms with Crippen molar-refractivity contribution >= 4 is 26.9 Å². The molecule has 2 rings (SSSR count). The number of nitrogens with zero attached hydrogens (tertiary/aromatic N) is 2. The fourth-order valence-electron chi connectivity index (χ4n) is 2.59. The van der Waals surface area contributed by atoms with E-state index in [1.165, 1.54) is 26.2 Å². The molecule has 1 aromatic carbocycles. The number of hydrogen-bond acceptors (Lipinski definition) is 5. The van der Waals surface area contributed by atoms with Gasteiger partial charge >= 0.3 is 0 Å². The first-order chi connectivity index (χ1) is 12.1. The Bertz CT molecular complexity index is 872. The lowest BCUT2D eigenvalue weighted by atomic mass is 10.1. The first-order valence-corrected chi connectivity index (χ1v) is 9.97. The zero-order chi connectivity index (χ0) is 19.5.